The van der Waals surface area contributed by atoms with Gasteiger partial charge in [0.15, 0.2) is 0 Å². The number of aryl methyl sites for hydroxylation is 4. The number of aromatic nitrogens is 2. The number of hydrogen-bond acceptors (Lipinski definition) is 5. The maximum atomic E-state index is 9.17. The van der Waals surface area contributed by atoms with E-state index in [-0.39, 0.29) is 5.41 Å². The number of nitrogens with one attached hydrogen (secondary N) is 1. The highest BCUT2D eigenvalue weighted by atomic mass is 15.2. The lowest BCUT2D eigenvalue weighted by molar-refractivity contribution is 0.502. The van der Waals surface area contributed by atoms with Gasteiger partial charge < -0.3 is 14.8 Å². The van der Waals surface area contributed by atoms with Gasteiger partial charge in [0, 0.05) is 43.4 Å². The average Bonchev–Trinajstić information content (AvgIpc) is 3.39. The largest absolute Gasteiger partial charge is 0.355 e. The van der Waals surface area contributed by atoms with Gasteiger partial charge in [-0.15, -0.1) is 0 Å². The Morgan fingerprint density at radius 2 is 1.94 bits per heavy atom. The molecule has 1 saturated heterocycles. The molecular formula is C29H38N6. The first-order chi connectivity index (χ1) is 16.7. The lowest BCUT2D eigenvalue weighted by Gasteiger charge is -2.22. The van der Waals surface area contributed by atoms with Crippen LogP contribution in [0.15, 0.2) is 47.5 Å². The molecule has 1 aromatic carbocycles. The second-order valence-electron chi connectivity index (χ2n) is 9.57. The van der Waals surface area contributed by atoms with Crippen LogP contribution in [0.3, 0.4) is 0 Å². The average molecular weight is 471 g/mol. The van der Waals surface area contributed by atoms with Crippen molar-refractivity contribution in [2.75, 3.05) is 23.3 Å². The second-order valence-corrected chi connectivity index (χ2v) is 9.57. The highest BCUT2D eigenvalue weighted by Crippen LogP contribution is 2.33. The van der Waals surface area contributed by atoms with Gasteiger partial charge in [-0.3, -0.25) is 4.99 Å². The smallest absolute Gasteiger partial charge is 0.132 e. The molecule has 1 unspecified atom stereocenters. The molecule has 4 rings (SSSR count). The predicted molar refractivity (Wildman–Crippen MR) is 147 cm³/mol. The number of nitrogens with zero attached hydrogens (tertiary/aromatic N) is 5. The summed E-state index contributed by atoms with van der Waals surface area (Å²) in [4.78, 5) is 11.2. The Morgan fingerprint density at radius 1 is 1.17 bits per heavy atom. The minimum absolute atomic E-state index is 0.212. The van der Waals surface area contributed by atoms with Gasteiger partial charge in [0.05, 0.1) is 17.2 Å². The van der Waals surface area contributed by atoms with E-state index >= 15 is 0 Å². The van der Waals surface area contributed by atoms with E-state index in [1.54, 1.807) is 0 Å². The minimum Gasteiger partial charge on any atom is -0.355 e. The molecule has 1 aliphatic heterocycles. The third-order valence-electron chi connectivity index (χ3n) is 6.63. The molecule has 6 nitrogen and oxygen atoms in total. The van der Waals surface area contributed by atoms with Crippen molar-refractivity contribution in [1.29, 1.82) is 5.26 Å². The number of pyridine rings is 1. The quantitative estimate of drug-likeness (QED) is 0.416. The zero-order valence-electron chi connectivity index (χ0n) is 22.2. The molecule has 2 aromatic heterocycles. The fourth-order valence-corrected chi connectivity index (χ4v) is 4.26. The van der Waals surface area contributed by atoms with Crippen LogP contribution in [0.4, 0.5) is 23.0 Å². The van der Waals surface area contributed by atoms with Crippen LogP contribution in [-0.4, -0.2) is 28.9 Å². The Kier molecular flexibility index (Phi) is 8.34. The molecule has 1 N–H and O–H groups in total. The molecule has 1 atom stereocenters. The van der Waals surface area contributed by atoms with Crippen LogP contribution >= 0.6 is 0 Å². The highest BCUT2D eigenvalue weighted by molar-refractivity contribution is 5.67. The van der Waals surface area contributed by atoms with E-state index in [1.807, 2.05) is 33.1 Å². The van der Waals surface area contributed by atoms with Crippen molar-refractivity contribution in [3.8, 4) is 6.07 Å². The highest BCUT2D eigenvalue weighted by Gasteiger charge is 2.35. The topological polar surface area (TPSA) is 69.2 Å². The monoisotopic (exact) mass is 470 g/mol. The SMILES string of the molecule is CC=Nc1ccc(Nc2ccc(C)n2C)cc1C.CCc1ccc(C)nc1N1CCC(C)(C#N)C1. The molecule has 6 heteroatoms. The van der Waals surface area contributed by atoms with Crippen molar-refractivity contribution >= 4 is 29.2 Å². The standard InChI is InChI=1S/C15H19N3.C14H19N3/c1-5-16-14-8-7-13(10-11(14)2)17-15-9-6-12(3)18(15)4;1-4-12-6-5-11(2)16-13(12)17-8-7-14(3,9-15)10-17/h5-10,17H,1-4H3;5-6H,4,7-8,10H2,1-3H3. The molecule has 1 aliphatic rings. The number of rotatable bonds is 5. The summed E-state index contributed by atoms with van der Waals surface area (Å²) in [5, 5.41) is 12.6. The third kappa shape index (κ3) is 6.30. The van der Waals surface area contributed by atoms with Crippen LogP contribution in [0.25, 0.3) is 0 Å². The summed E-state index contributed by atoms with van der Waals surface area (Å²) < 4.78 is 2.13. The Labute approximate surface area is 210 Å². The van der Waals surface area contributed by atoms with Gasteiger partial charge in [0.2, 0.25) is 0 Å². The van der Waals surface area contributed by atoms with Gasteiger partial charge in [0.25, 0.3) is 0 Å². The van der Waals surface area contributed by atoms with Crippen molar-refractivity contribution in [2.24, 2.45) is 17.5 Å². The van der Waals surface area contributed by atoms with E-state index in [2.05, 4.69) is 95.0 Å². The van der Waals surface area contributed by atoms with Crippen molar-refractivity contribution in [3.63, 3.8) is 0 Å². The number of hydrogen-bond donors (Lipinski definition) is 1. The summed E-state index contributed by atoms with van der Waals surface area (Å²) in [7, 11) is 2.06. The number of nitriles is 1. The van der Waals surface area contributed by atoms with E-state index in [0.29, 0.717) is 0 Å². The Bertz CT molecular complexity index is 1230. The van der Waals surface area contributed by atoms with E-state index in [4.69, 9.17) is 0 Å². The lowest BCUT2D eigenvalue weighted by atomic mass is 9.92. The molecule has 0 radical (unpaired) electrons. The van der Waals surface area contributed by atoms with E-state index in [9.17, 15) is 5.26 Å². The number of benzene rings is 1. The maximum Gasteiger partial charge on any atom is 0.132 e. The first-order valence-corrected chi connectivity index (χ1v) is 12.3. The lowest BCUT2D eigenvalue weighted by Crippen LogP contribution is -2.25. The molecule has 0 spiro atoms. The molecule has 0 aliphatic carbocycles. The number of anilines is 3. The van der Waals surface area contributed by atoms with Crippen molar-refractivity contribution in [2.45, 2.75) is 54.4 Å². The molecular weight excluding hydrogens is 432 g/mol. The van der Waals surface area contributed by atoms with E-state index < -0.39 is 0 Å². The second kappa shape index (κ2) is 11.2. The fourth-order valence-electron chi connectivity index (χ4n) is 4.26. The molecule has 3 heterocycles. The van der Waals surface area contributed by atoms with Crippen molar-refractivity contribution in [3.05, 3.63) is 65.0 Å². The summed E-state index contributed by atoms with van der Waals surface area (Å²) in [5.41, 5.74) is 6.62. The molecule has 0 saturated carbocycles. The van der Waals surface area contributed by atoms with Crippen molar-refractivity contribution in [1.82, 2.24) is 9.55 Å². The summed E-state index contributed by atoms with van der Waals surface area (Å²) in [6.07, 6.45) is 3.74. The van der Waals surface area contributed by atoms with Gasteiger partial charge in [-0.25, -0.2) is 4.98 Å². The molecule has 3 aromatic rings. The third-order valence-corrected chi connectivity index (χ3v) is 6.63. The zero-order chi connectivity index (χ0) is 25.6. The Hall–Kier alpha value is -3.59. The number of aliphatic imine (C=N–C) groups is 1. The van der Waals surface area contributed by atoms with Gasteiger partial charge in [0.1, 0.15) is 11.6 Å². The first kappa shape index (κ1) is 26.0. The van der Waals surface area contributed by atoms with Gasteiger partial charge in [-0.1, -0.05) is 13.0 Å². The summed E-state index contributed by atoms with van der Waals surface area (Å²) >= 11 is 0. The maximum absolute atomic E-state index is 9.17. The minimum atomic E-state index is -0.212. The Morgan fingerprint density at radius 3 is 2.51 bits per heavy atom. The Balaban J connectivity index is 0.000000196. The molecule has 0 bridgehead atoms. The van der Waals surface area contributed by atoms with Crippen LogP contribution in [-0.2, 0) is 13.5 Å². The predicted octanol–water partition coefficient (Wildman–Crippen LogP) is 6.80. The zero-order valence-corrected chi connectivity index (χ0v) is 22.2. The molecule has 0 amide bonds. The fraction of sp³-hybridized carbons (Fsp3) is 0.414. The molecule has 35 heavy (non-hydrogen) atoms. The van der Waals surface area contributed by atoms with E-state index in [1.165, 1.54) is 16.8 Å². The summed E-state index contributed by atoms with van der Waals surface area (Å²) in [6.45, 7) is 14.0. The van der Waals surface area contributed by atoms with Crippen LogP contribution < -0.4 is 10.2 Å². The van der Waals surface area contributed by atoms with Crippen LogP contribution in [0.1, 0.15) is 49.7 Å². The van der Waals surface area contributed by atoms with Gasteiger partial charge in [-0.2, -0.15) is 5.26 Å². The molecule has 184 valence electrons. The van der Waals surface area contributed by atoms with Gasteiger partial charge >= 0.3 is 0 Å². The summed E-state index contributed by atoms with van der Waals surface area (Å²) in [6, 6.07) is 17.0. The van der Waals surface area contributed by atoms with Crippen LogP contribution in [0, 0.1) is 37.5 Å². The van der Waals surface area contributed by atoms with Gasteiger partial charge in [-0.05, 0) is 95.0 Å². The first-order valence-electron chi connectivity index (χ1n) is 12.3. The van der Waals surface area contributed by atoms with Crippen molar-refractivity contribution < 1.29 is 0 Å². The summed E-state index contributed by atoms with van der Waals surface area (Å²) in [5.74, 6) is 2.17. The van der Waals surface area contributed by atoms with Crippen LogP contribution in [0.2, 0.25) is 0 Å². The van der Waals surface area contributed by atoms with E-state index in [0.717, 1.165) is 54.6 Å². The van der Waals surface area contributed by atoms with Crippen LogP contribution in [0.5, 0.6) is 0 Å². The normalized spacial score (nSPS) is 17.3. The molecule has 1 fully saturated rings.